The molecule has 2 aromatic rings. The van der Waals surface area contributed by atoms with Gasteiger partial charge in [0.2, 0.25) is 0 Å². The number of amides is 1. The van der Waals surface area contributed by atoms with Crippen LogP contribution < -0.4 is 0 Å². The van der Waals surface area contributed by atoms with E-state index in [0.29, 0.717) is 23.1 Å². The number of hydrogen-bond donors (Lipinski definition) is 1. The van der Waals surface area contributed by atoms with Gasteiger partial charge in [-0.15, -0.1) is 0 Å². The summed E-state index contributed by atoms with van der Waals surface area (Å²) in [5.41, 5.74) is 0.662. The van der Waals surface area contributed by atoms with E-state index >= 15 is 0 Å². The van der Waals surface area contributed by atoms with Gasteiger partial charge >= 0.3 is 12.1 Å². The molecule has 7 nitrogen and oxygen atoms in total. The smallest absolute Gasteiger partial charge is 0.410 e. The Labute approximate surface area is 165 Å². The number of aromatic nitrogens is 1. The second-order valence-corrected chi connectivity index (χ2v) is 6.98. The van der Waals surface area contributed by atoms with Gasteiger partial charge in [0.15, 0.2) is 0 Å². The zero-order valence-electron chi connectivity index (χ0n) is 14.5. The highest BCUT2D eigenvalue weighted by Gasteiger charge is 2.45. The Kier molecular flexibility index (Phi) is 6.08. The molecule has 1 aliphatic heterocycles. The normalized spacial score (nSPS) is 19.1. The van der Waals surface area contributed by atoms with Crippen LogP contribution in [0.25, 0.3) is 0 Å². The summed E-state index contributed by atoms with van der Waals surface area (Å²) in [5.74, 6) is -1.07. The molecule has 0 radical (unpaired) electrons. The number of benzene rings is 1. The van der Waals surface area contributed by atoms with Gasteiger partial charge in [-0.3, -0.25) is 0 Å². The van der Waals surface area contributed by atoms with E-state index in [1.807, 2.05) is 36.4 Å². The first-order valence-corrected chi connectivity index (χ1v) is 9.22. The predicted octanol–water partition coefficient (Wildman–Crippen LogP) is 3.18. The molecule has 2 heterocycles. The molecule has 1 aromatic heterocycles. The highest BCUT2D eigenvalue weighted by molar-refractivity contribution is 9.10. The molecule has 1 unspecified atom stereocenters. The first kappa shape index (κ1) is 19.3. The number of aliphatic carboxylic acids is 1. The van der Waals surface area contributed by atoms with Crippen LogP contribution in [0.1, 0.15) is 17.5 Å². The predicted molar refractivity (Wildman–Crippen MR) is 100 cm³/mol. The van der Waals surface area contributed by atoms with Crippen molar-refractivity contribution in [2.45, 2.75) is 18.6 Å². The Morgan fingerprint density at radius 2 is 2.00 bits per heavy atom. The van der Waals surface area contributed by atoms with Crippen molar-refractivity contribution in [3.63, 3.8) is 0 Å². The van der Waals surface area contributed by atoms with E-state index in [1.165, 1.54) is 4.90 Å². The molecule has 27 heavy (non-hydrogen) atoms. The van der Waals surface area contributed by atoms with Gasteiger partial charge in [-0.1, -0.05) is 36.4 Å². The van der Waals surface area contributed by atoms with Crippen molar-refractivity contribution in [2.75, 3.05) is 19.7 Å². The standard InChI is InChI=1S/C19H19BrN2O5/c20-17-15(7-4-9-21-17)19(27-12-16(23)24)8-10-22(13-19)18(25)26-11-14-5-2-1-3-6-14/h1-7,9H,8,10-13H2,(H,23,24). The number of pyridine rings is 1. The van der Waals surface area contributed by atoms with Crippen molar-refractivity contribution in [3.8, 4) is 0 Å². The minimum absolute atomic E-state index is 0.176. The molecule has 0 saturated carbocycles. The lowest BCUT2D eigenvalue weighted by atomic mass is 9.94. The van der Waals surface area contributed by atoms with Crippen LogP contribution in [0.5, 0.6) is 0 Å². The summed E-state index contributed by atoms with van der Waals surface area (Å²) >= 11 is 3.39. The molecule has 142 valence electrons. The van der Waals surface area contributed by atoms with Crippen molar-refractivity contribution < 1.29 is 24.2 Å². The van der Waals surface area contributed by atoms with E-state index in [4.69, 9.17) is 14.6 Å². The van der Waals surface area contributed by atoms with Crippen LogP contribution in [0.2, 0.25) is 0 Å². The summed E-state index contributed by atoms with van der Waals surface area (Å²) in [7, 11) is 0. The molecule has 1 N–H and O–H groups in total. The number of hydrogen-bond acceptors (Lipinski definition) is 5. The Bertz CT molecular complexity index is 817. The van der Waals surface area contributed by atoms with E-state index in [-0.39, 0.29) is 13.2 Å². The minimum atomic E-state index is -1.07. The Balaban J connectivity index is 1.72. The van der Waals surface area contributed by atoms with E-state index in [9.17, 15) is 9.59 Å². The number of rotatable bonds is 6. The second-order valence-electron chi connectivity index (χ2n) is 6.23. The number of carbonyl (C=O) groups excluding carboxylic acids is 1. The van der Waals surface area contributed by atoms with Crippen LogP contribution in [-0.4, -0.2) is 46.7 Å². The first-order valence-electron chi connectivity index (χ1n) is 8.42. The van der Waals surface area contributed by atoms with Crippen molar-refractivity contribution in [2.24, 2.45) is 0 Å². The topological polar surface area (TPSA) is 89.0 Å². The van der Waals surface area contributed by atoms with Crippen molar-refractivity contribution in [3.05, 3.63) is 64.4 Å². The Hall–Kier alpha value is -2.45. The lowest BCUT2D eigenvalue weighted by Crippen LogP contribution is -2.38. The van der Waals surface area contributed by atoms with Crippen molar-refractivity contribution >= 4 is 28.0 Å². The highest BCUT2D eigenvalue weighted by atomic mass is 79.9. The van der Waals surface area contributed by atoms with Gasteiger partial charge in [0.05, 0.1) is 6.54 Å². The summed E-state index contributed by atoms with van der Waals surface area (Å²) in [6.45, 7) is 0.302. The second kappa shape index (κ2) is 8.49. The number of carbonyl (C=O) groups is 2. The van der Waals surface area contributed by atoms with E-state index in [2.05, 4.69) is 20.9 Å². The molecule has 3 rings (SSSR count). The zero-order valence-corrected chi connectivity index (χ0v) is 16.1. The van der Waals surface area contributed by atoms with Crippen molar-refractivity contribution in [1.29, 1.82) is 0 Å². The van der Waals surface area contributed by atoms with Crippen LogP contribution in [-0.2, 0) is 26.5 Å². The molecule has 8 heteroatoms. The van der Waals surface area contributed by atoms with Gasteiger partial charge in [0, 0.05) is 24.7 Å². The lowest BCUT2D eigenvalue weighted by Gasteiger charge is -2.30. The van der Waals surface area contributed by atoms with E-state index in [1.54, 1.807) is 12.3 Å². The minimum Gasteiger partial charge on any atom is -0.480 e. The molecule has 1 atom stereocenters. The number of carboxylic acid groups (broad SMARTS) is 1. The molecule has 1 fully saturated rings. The van der Waals surface area contributed by atoms with E-state index in [0.717, 1.165) is 5.56 Å². The maximum absolute atomic E-state index is 12.5. The van der Waals surface area contributed by atoms with Gasteiger partial charge in [-0.05, 0) is 27.6 Å². The molecule has 0 bridgehead atoms. The van der Waals surface area contributed by atoms with Gasteiger partial charge in [0.25, 0.3) is 0 Å². The zero-order chi connectivity index (χ0) is 19.3. The number of nitrogens with zero attached hydrogens (tertiary/aromatic N) is 2. The molecule has 1 amide bonds. The summed E-state index contributed by atoms with van der Waals surface area (Å²) < 4.78 is 11.7. The molecule has 1 aromatic carbocycles. The number of ether oxygens (including phenoxy) is 2. The summed E-state index contributed by atoms with van der Waals surface area (Å²) in [6.07, 6.45) is 1.62. The summed E-state index contributed by atoms with van der Waals surface area (Å²) in [5, 5.41) is 9.03. The molecule has 1 saturated heterocycles. The summed E-state index contributed by atoms with van der Waals surface area (Å²) in [6, 6.07) is 13.0. The van der Waals surface area contributed by atoms with Gasteiger partial charge < -0.3 is 19.5 Å². The quantitative estimate of drug-likeness (QED) is 0.702. The maximum Gasteiger partial charge on any atom is 0.410 e. The summed E-state index contributed by atoms with van der Waals surface area (Å²) in [4.78, 5) is 29.2. The fourth-order valence-corrected chi connectivity index (χ4v) is 3.70. The average molecular weight is 435 g/mol. The number of halogens is 1. The number of carboxylic acids is 1. The van der Waals surface area contributed by atoms with E-state index < -0.39 is 24.3 Å². The van der Waals surface area contributed by atoms with Crippen LogP contribution in [0.4, 0.5) is 4.79 Å². The van der Waals surface area contributed by atoms with Crippen molar-refractivity contribution in [1.82, 2.24) is 9.88 Å². The molecule has 0 aliphatic carbocycles. The first-order chi connectivity index (χ1) is 13.0. The molecular formula is C19H19BrN2O5. The third-order valence-electron chi connectivity index (χ3n) is 4.42. The lowest BCUT2D eigenvalue weighted by molar-refractivity contribution is -0.149. The Morgan fingerprint density at radius 1 is 1.22 bits per heavy atom. The monoisotopic (exact) mass is 434 g/mol. The van der Waals surface area contributed by atoms with Crippen LogP contribution >= 0.6 is 15.9 Å². The third-order valence-corrected chi connectivity index (χ3v) is 5.05. The number of likely N-dealkylation sites (tertiary alicyclic amines) is 1. The third kappa shape index (κ3) is 4.64. The van der Waals surface area contributed by atoms with Crippen LogP contribution in [0, 0.1) is 0 Å². The highest BCUT2D eigenvalue weighted by Crippen LogP contribution is 2.39. The van der Waals surface area contributed by atoms with Gasteiger partial charge in [-0.25, -0.2) is 14.6 Å². The fraction of sp³-hybridized carbons (Fsp3) is 0.316. The van der Waals surface area contributed by atoms with Gasteiger partial charge in [0.1, 0.15) is 23.4 Å². The Morgan fingerprint density at radius 3 is 2.70 bits per heavy atom. The largest absolute Gasteiger partial charge is 0.480 e. The molecular weight excluding hydrogens is 416 g/mol. The maximum atomic E-state index is 12.5. The van der Waals surface area contributed by atoms with Gasteiger partial charge in [-0.2, -0.15) is 0 Å². The molecule has 1 aliphatic rings. The molecule has 0 spiro atoms. The average Bonchev–Trinajstić information content (AvgIpc) is 3.11. The van der Waals surface area contributed by atoms with Crippen LogP contribution in [0.3, 0.4) is 0 Å². The van der Waals surface area contributed by atoms with Crippen LogP contribution in [0.15, 0.2) is 53.3 Å². The SMILES string of the molecule is O=C(O)COC1(c2cccnc2Br)CCN(C(=O)OCc2ccccc2)C1. The fourth-order valence-electron chi connectivity index (χ4n) is 3.09.